The van der Waals surface area contributed by atoms with Crippen LogP contribution in [0.4, 0.5) is 4.39 Å². The van der Waals surface area contributed by atoms with Crippen LogP contribution in [0.2, 0.25) is 5.02 Å². The molecule has 3 aromatic rings. The molecule has 0 saturated carbocycles. The minimum absolute atomic E-state index is 0.0277. The number of benzene rings is 3. The normalized spacial score (nSPS) is 10.6. The summed E-state index contributed by atoms with van der Waals surface area (Å²) in [5.41, 5.74) is 1.82. The summed E-state index contributed by atoms with van der Waals surface area (Å²) in [6.07, 6.45) is -0.569. The SMILES string of the molecule is O=C(OC(c1ccccc1)c1ccccc1)c1ccc(F)cc1Cl. The average molecular weight is 341 g/mol. The predicted molar refractivity (Wildman–Crippen MR) is 91.6 cm³/mol. The predicted octanol–water partition coefficient (Wildman–Crippen LogP) is 5.43. The Morgan fingerprint density at radius 3 is 1.92 bits per heavy atom. The zero-order valence-electron chi connectivity index (χ0n) is 12.7. The largest absolute Gasteiger partial charge is 0.449 e. The Bertz CT molecular complexity index is 795. The molecule has 2 nitrogen and oxygen atoms in total. The fourth-order valence-corrected chi connectivity index (χ4v) is 2.65. The van der Waals surface area contributed by atoms with E-state index in [1.165, 1.54) is 12.1 Å². The van der Waals surface area contributed by atoms with Crippen LogP contribution in [0.5, 0.6) is 0 Å². The third kappa shape index (κ3) is 3.63. The number of carbonyl (C=O) groups excluding carboxylic acids is 1. The lowest BCUT2D eigenvalue weighted by Gasteiger charge is -2.19. The molecule has 3 rings (SSSR count). The quantitative estimate of drug-likeness (QED) is 0.592. The zero-order chi connectivity index (χ0) is 16.9. The molecular weight excluding hydrogens is 327 g/mol. The second-order valence-corrected chi connectivity index (χ2v) is 5.64. The standard InChI is InChI=1S/C20H14ClFO2/c21-18-13-16(22)11-12-17(18)20(23)24-19(14-7-3-1-4-8-14)15-9-5-2-6-10-15/h1-13,19H. The first-order valence-corrected chi connectivity index (χ1v) is 7.79. The number of carbonyl (C=O) groups is 1. The summed E-state index contributed by atoms with van der Waals surface area (Å²) < 4.78 is 18.9. The van der Waals surface area contributed by atoms with E-state index >= 15 is 0 Å². The topological polar surface area (TPSA) is 26.3 Å². The Balaban J connectivity index is 1.94. The molecule has 0 atom stereocenters. The first kappa shape index (κ1) is 16.2. The van der Waals surface area contributed by atoms with Gasteiger partial charge in [-0.3, -0.25) is 0 Å². The van der Waals surface area contributed by atoms with E-state index in [1.54, 1.807) is 0 Å². The number of hydrogen-bond donors (Lipinski definition) is 0. The van der Waals surface area contributed by atoms with Gasteiger partial charge in [-0.25, -0.2) is 9.18 Å². The van der Waals surface area contributed by atoms with Crippen molar-refractivity contribution in [3.05, 3.63) is 106 Å². The molecular formula is C20H14ClFO2. The van der Waals surface area contributed by atoms with Crippen LogP contribution in [0.25, 0.3) is 0 Å². The van der Waals surface area contributed by atoms with E-state index in [0.29, 0.717) is 0 Å². The second-order valence-electron chi connectivity index (χ2n) is 5.23. The van der Waals surface area contributed by atoms with Gasteiger partial charge in [0.05, 0.1) is 10.6 Å². The smallest absolute Gasteiger partial charge is 0.340 e. The van der Waals surface area contributed by atoms with Gasteiger partial charge in [-0.1, -0.05) is 72.3 Å². The van der Waals surface area contributed by atoms with Gasteiger partial charge >= 0.3 is 5.97 Å². The molecule has 0 radical (unpaired) electrons. The molecule has 4 heteroatoms. The second kappa shape index (κ2) is 7.28. The lowest BCUT2D eigenvalue weighted by molar-refractivity contribution is 0.0378. The molecule has 24 heavy (non-hydrogen) atoms. The Morgan fingerprint density at radius 1 is 0.875 bits per heavy atom. The maximum atomic E-state index is 13.2. The molecule has 0 spiro atoms. The van der Waals surface area contributed by atoms with Gasteiger partial charge in [0.2, 0.25) is 0 Å². The van der Waals surface area contributed by atoms with Crippen molar-refractivity contribution in [3.63, 3.8) is 0 Å². The maximum absolute atomic E-state index is 13.2. The summed E-state index contributed by atoms with van der Waals surface area (Å²) in [5.74, 6) is -1.10. The number of esters is 1. The molecule has 0 fully saturated rings. The van der Waals surface area contributed by atoms with Crippen LogP contribution in [0.1, 0.15) is 27.6 Å². The van der Waals surface area contributed by atoms with Crippen molar-refractivity contribution in [1.82, 2.24) is 0 Å². The van der Waals surface area contributed by atoms with Gasteiger partial charge in [0.15, 0.2) is 6.10 Å². The van der Waals surface area contributed by atoms with Crippen LogP contribution in [-0.2, 0) is 4.74 Å². The molecule has 0 aliphatic carbocycles. The summed E-state index contributed by atoms with van der Waals surface area (Å²) in [7, 11) is 0. The van der Waals surface area contributed by atoms with Crippen molar-refractivity contribution in [2.24, 2.45) is 0 Å². The molecule has 0 aliphatic rings. The molecule has 0 heterocycles. The number of rotatable bonds is 4. The van der Waals surface area contributed by atoms with E-state index in [1.807, 2.05) is 60.7 Å². The Labute approximate surface area is 144 Å². The highest BCUT2D eigenvalue weighted by Crippen LogP contribution is 2.28. The van der Waals surface area contributed by atoms with Crippen LogP contribution >= 0.6 is 11.6 Å². The van der Waals surface area contributed by atoms with Gasteiger partial charge in [-0.05, 0) is 29.3 Å². The molecule has 0 aromatic heterocycles. The fourth-order valence-electron chi connectivity index (χ4n) is 2.41. The summed E-state index contributed by atoms with van der Waals surface area (Å²) >= 11 is 5.96. The van der Waals surface area contributed by atoms with Gasteiger partial charge in [-0.2, -0.15) is 0 Å². The van der Waals surface area contributed by atoms with E-state index in [0.717, 1.165) is 17.2 Å². The van der Waals surface area contributed by atoms with Crippen molar-refractivity contribution >= 4 is 17.6 Å². The first-order valence-electron chi connectivity index (χ1n) is 7.41. The fraction of sp³-hybridized carbons (Fsp3) is 0.0500. The van der Waals surface area contributed by atoms with Gasteiger partial charge in [0, 0.05) is 0 Å². The van der Waals surface area contributed by atoms with Crippen molar-refractivity contribution in [1.29, 1.82) is 0 Å². The summed E-state index contributed by atoms with van der Waals surface area (Å²) in [4.78, 5) is 12.5. The van der Waals surface area contributed by atoms with Crippen LogP contribution < -0.4 is 0 Å². The Kier molecular flexibility index (Phi) is 4.92. The van der Waals surface area contributed by atoms with E-state index in [2.05, 4.69) is 0 Å². The highest BCUT2D eigenvalue weighted by molar-refractivity contribution is 6.33. The summed E-state index contributed by atoms with van der Waals surface area (Å²) in [6, 6.07) is 22.5. The molecule has 0 N–H and O–H groups in total. The van der Waals surface area contributed by atoms with Crippen LogP contribution in [0, 0.1) is 5.82 Å². The van der Waals surface area contributed by atoms with Gasteiger partial charge in [-0.15, -0.1) is 0 Å². The lowest BCUT2D eigenvalue weighted by atomic mass is 10.0. The number of hydrogen-bond acceptors (Lipinski definition) is 2. The Morgan fingerprint density at radius 2 is 1.42 bits per heavy atom. The summed E-state index contributed by atoms with van der Waals surface area (Å²) in [5, 5.41) is 0.0277. The molecule has 0 aliphatic heterocycles. The molecule has 0 bridgehead atoms. The minimum Gasteiger partial charge on any atom is -0.449 e. The van der Waals surface area contributed by atoms with Crippen molar-refractivity contribution < 1.29 is 13.9 Å². The van der Waals surface area contributed by atoms with Gasteiger partial charge < -0.3 is 4.74 Å². The number of halogens is 2. The van der Waals surface area contributed by atoms with Crippen LogP contribution in [0.15, 0.2) is 78.9 Å². The molecule has 0 unspecified atom stereocenters. The monoisotopic (exact) mass is 340 g/mol. The molecule has 120 valence electrons. The van der Waals surface area contributed by atoms with Crippen LogP contribution in [-0.4, -0.2) is 5.97 Å². The van der Waals surface area contributed by atoms with Crippen molar-refractivity contribution in [3.8, 4) is 0 Å². The Hall–Kier alpha value is -2.65. The first-order chi connectivity index (χ1) is 11.6. The third-order valence-electron chi connectivity index (χ3n) is 3.58. The molecule has 0 saturated heterocycles. The minimum atomic E-state index is -0.599. The summed E-state index contributed by atoms with van der Waals surface area (Å²) in [6.45, 7) is 0. The van der Waals surface area contributed by atoms with E-state index in [-0.39, 0.29) is 10.6 Å². The molecule has 3 aromatic carbocycles. The average Bonchev–Trinajstić information content (AvgIpc) is 2.61. The van der Waals surface area contributed by atoms with Gasteiger partial charge in [0.25, 0.3) is 0 Å². The van der Waals surface area contributed by atoms with E-state index in [4.69, 9.17) is 16.3 Å². The highest BCUT2D eigenvalue weighted by Gasteiger charge is 2.21. The zero-order valence-corrected chi connectivity index (χ0v) is 13.4. The highest BCUT2D eigenvalue weighted by atomic mass is 35.5. The van der Waals surface area contributed by atoms with Crippen molar-refractivity contribution in [2.75, 3.05) is 0 Å². The molecule has 0 amide bonds. The third-order valence-corrected chi connectivity index (χ3v) is 3.89. The van der Waals surface area contributed by atoms with Crippen LogP contribution in [0.3, 0.4) is 0 Å². The van der Waals surface area contributed by atoms with E-state index in [9.17, 15) is 9.18 Å². The van der Waals surface area contributed by atoms with Crippen molar-refractivity contribution in [2.45, 2.75) is 6.10 Å². The van der Waals surface area contributed by atoms with E-state index < -0.39 is 17.9 Å². The maximum Gasteiger partial charge on any atom is 0.340 e. The van der Waals surface area contributed by atoms with Gasteiger partial charge in [0.1, 0.15) is 5.82 Å². The number of ether oxygens (including phenoxy) is 1. The lowest BCUT2D eigenvalue weighted by Crippen LogP contribution is -2.13.